The molecule has 0 aromatic carbocycles. The van der Waals surface area contributed by atoms with Crippen LogP contribution in [0, 0.1) is 0 Å². The predicted octanol–water partition coefficient (Wildman–Crippen LogP) is 17.3. The van der Waals surface area contributed by atoms with Crippen molar-refractivity contribution in [3.63, 3.8) is 0 Å². The molecule has 0 aromatic rings. The largest absolute Gasteiger partial charge is 0.479 e. The van der Waals surface area contributed by atoms with Gasteiger partial charge in [0.1, 0.15) is 18.8 Å². The summed E-state index contributed by atoms with van der Waals surface area (Å²) in [6.07, 6.45) is 55.1. The van der Waals surface area contributed by atoms with Crippen molar-refractivity contribution >= 4 is 23.9 Å². The Morgan fingerprint density at radius 3 is 1.23 bits per heavy atom. The molecule has 0 aliphatic carbocycles. The van der Waals surface area contributed by atoms with E-state index in [1.54, 1.807) is 0 Å². The lowest BCUT2D eigenvalue weighted by molar-refractivity contribution is -0.301. The summed E-state index contributed by atoms with van der Waals surface area (Å²) in [5.41, 5.74) is 0. The maximum absolute atomic E-state index is 13.2. The molecular weight excluding hydrogens is 997 g/mol. The molecule has 0 bridgehead atoms. The van der Waals surface area contributed by atoms with Crippen LogP contribution >= 0.6 is 0 Å². The first-order valence-electron chi connectivity index (χ1n) is 32.6. The van der Waals surface area contributed by atoms with Gasteiger partial charge >= 0.3 is 23.9 Å². The van der Waals surface area contributed by atoms with E-state index in [0.717, 1.165) is 109 Å². The highest BCUT2D eigenvalue weighted by atomic mass is 16.7. The molecule has 3 N–H and O–H groups in total. The SMILES string of the molecule is CCCC/C=C\CCCCCCCC(=O)OC1C(OCC(COC(=O)CCCCCCCC/C=C\C/C=C\C/C=C\CCCCC)OC(=O)CCCCCCCCCCCCCCCCCCCCC)OC(C(=O)O)C(O)C1O. The number of carboxylic acid groups (broad SMARTS) is 1. The molecule has 1 aliphatic rings. The summed E-state index contributed by atoms with van der Waals surface area (Å²) >= 11 is 0. The van der Waals surface area contributed by atoms with Crippen LogP contribution in [0.25, 0.3) is 0 Å². The summed E-state index contributed by atoms with van der Waals surface area (Å²) in [5, 5.41) is 31.5. The number of rotatable bonds is 56. The van der Waals surface area contributed by atoms with Crippen molar-refractivity contribution in [3.8, 4) is 0 Å². The third kappa shape index (κ3) is 45.0. The molecule has 6 unspecified atom stereocenters. The van der Waals surface area contributed by atoms with Crippen molar-refractivity contribution in [2.45, 2.75) is 340 Å². The minimum Gasteiger partial charge on any atom is -0.479 e. The van der Waals surface area contributed by atoms with E-state index < -0.39 is 67.3 Å². The quantitative estimate of drug-likeness (QED) is 0.0228. The number of allylic oxidation sites excluding steroid dienone is 8. The van der Waals surface area contributed by atoms with Gasteiger partial charge < -0.3 is 39.0 Å². The van der Waals surface area contributed by atoms with Crippen LogP contribution in [0.15, 0.2) is 48.6 Å². The van der Waals surface area contributed by atoms with Crippen LogP contribution in [0.4, 0.5) is 0 Å². The van der Waals surface area contributed by atoms with Gasteiger partial charge in [0, 0.05) is 19.3 Å². The van der Waals surface area contributed by atoms with E-state index in [1.165, 1.54) is 135 Å². The average molecular weight is 1120 g/mol. The summed E-state index contributed by atoms with van der Waals surface area (Å²) in [6.45, 7) is 5.95. The van der Waals surface area contributed by atoms with Gasteiger partial charge in [-0.15, -0.1) is 0 Å². The van der Waals surface area contributed by atoms with Crippen LogP contribution in [-0.4, -0.2) is 89.2 Å². The molecule has 0 amide bonds. The number of carbonyl (C=O) groups is 4. The van der Waals surface area contributed by atoms with Crippen LogP contribution in [0.2, 0.25) is 0 Å². The van der Waals surface area contributed by atoms with E-state index in [2.05, 4.69) is 69.4 Å². The molecule has 1 heterocycles. The molecule has 1 saturated heterocycles. The minimum absolute atomic E-state index is 0.0504. The third-order valence-electron chi connectivity index (χ3n) is 14.9. The zero-order chi connectivity index (χ0) is 57.5. The van der Waals surface area contributed by atoms with Crippen LogP contribution < -0.4 is 0 Å². The van der Waals surface area contributed by atoms with Crippen molar-refractivity contribution in [3.05, 3.63) is 48.6 Å². The summed E-state index contributed by atoms with van der Waals surface area (Å²) in [5.74, 6) is -3.12. The summed E-state index contributed by atoms with van der Waals surface area (Å²) in [6, 6.07) is 0. The Hall–Kier alpha value is -3.32. The van der Waals surface area contributed by atoms with Crippen LogP contribution in [0.5, 0.6) is 0 Å². The second-order valence-electron chi connectivity index (χ2n) is 22.4. The van der Waals surface area contributed by atoms with Gasteiger partial charge in [-0.05, 0) is 77.0 Å². The maximum atomic E-state index is 13.2. The van der Waals surface area contributed by atoms with E-state index in [1.807, 2.05) is 0 Å². The molecule has 79 heavy (non-hydrogen) atoms. The molecule has 0 saturated carbocycles. The highest BCUT2D eigenvalue weighted by Gasteiger charge is 2.50. The molecule has 1 rings (SSSR count). The molecule has 12 nitrogen and oxygen atoms in total. The van der Waals surface area contributed by atoms with Crippen molar-refractivity contribution in [2.75, 3.05) is 13.2 Å². The lowest BCUT2D eigenvalue weighted by Gasteiger charge is -2.40. The van der Waals surface area contributed by atoms with Gasteiger partial charge in [-0.1, -0.05) is 256 Å². The van der Waals surface area contributed by atoms with E-state index in [4.69, 9.17) is 23.7 Å². The number of aliphatic hydroxyl groups is 2. The standard InChI is InChI=1S/C67H118O12/c1-4-7-10-13-16-19-22-24-26-28-30-32-34-36-39-41-44-47-50-53-59(68)75-56-58(77-60(69)54-51-48-45-43-40-37-35-33-31-29-27-25-23-20-17-14-11-8-5-2)57-76-67-65(63(72)62(71)64(79-67)66(73)74)78-61(70)55-52-49-46-42-38-21-18-15-12-9-6-3/h15-16,18-19,24,26,30,32,58,62-65,67,71-72H,4-14,17,20-23,25,27-29,31,33-57H2,1-3H3,(H,73,74)/b18-15-,19-16-,26-24-,32-30-. The molecule has 0 spiro atoms. The van der Waals surface area contributed by atoms with Crippen molar-refractivity contribution in [1.82, 2.24) is 0 Å². The smallest absolute Gasteiger partial charge is 0.335 e. The first kappa shape index (κ1) is 73.7. The Balaban J connectivity index is 2.64. The molecule has 0 aromatic heterocycles. The van der Waals surface area contributed by atoms with Gasteiger partial charge in [0.25, 0.3) is 0 Å². The predicted molar refractivity (Wildman–Crippen MR) is 322 cm³/mol. The van der Waals surface area contributed by atoms with Crippen molar-refractivity contribution in [1.29, 1.82) is 0 Å². The van der Waals surface area contributed by atoms with E-state index in [9.17, 15) is 34.5 Å². The van der Waals surface area contributed by atoms with Gasteiger partial charge in [0.15, 0.2) is 24.6 Å². The molecule has 1 aliphatic heterocycles. The van der Waals surface area contributed by atoms with Crippen molar-refractivity contribution in [2.24, 2.45) is 0 Å². The topological polar surface area (TPSA) is 175 Å². The number of carbonyl (C=O) groups excluding carboxylic acids is 3. The Kier molecular flexibility index (Phi) is 51.5. The second kappa shape index (κ2) is 55.2. The highest BCUT2D eigenvalue weighted by molar-refractivity contribution is 5.74. The first-order chi connectivity index (χ1) is 38.6. The Morgan fingerprint density at radius 2 is 0.772 bits per heavy atom. The lowest BCUT2D eigenvalue weighted by atomic mass is 9.98. The normalized spacial score (nSPS) is 18.1. The van der Waals surface area contributed by atoms with E-state index in [-0.39, 0.29) is 25.9 Å². The number of esters is 3. The first-order valence-corrected chi connectivity index (χ1v) is 32.6. The fourth-order valence-electron chi connectivity index (χ4n) is 9.83. The summed E-state index contributed by atoms with van der Waals surface area (Å²) in [7, 11) is 0. The minimum atomic E-state index is -1.91. The number of ether oxygens (including phenoxy) is 5. The van der Waals surface area contributed by atoms with Crippen LogP contribution in [-0.2, 0) is 42.9 Å². The van der Waals surface area contributed by atoms with E-state index >= 15 is 0 Å². The lowest BCUT2D eigenvalue weighted by Crippen LogP contribution is -2.61. The maximum Gasteiger partial charge on any atom is 0.335 e. The number of carboxylic acids is 1. The Labute approximate surface area is 482 Å². The Bertz CT molecular complexity index is 1560. The van der Waals surface area contributed by atoms with Gasteiger partial charge in [0.2, 0.25) is 0 Å². The average Bonchev–Trinajstić information content (AvgIpc) is 3.44. The third-order valence-corrected chi connectivity index (χ3v) is 14.9. The fourth-order valence-corrected chi connectivity index (χ4v) is 9.83. The van der Waals surface area contributed by atoms with Gasteiger partial charge in [-0.3, -0.25) is 14.4 Å². The molecule has 1 fully saturated rings. The van der Waals surface area contributed by atoms with Crippen LogP contribution in [0.1, 0.15) is 303 Å². The number of hydrogen-bond acceptors (Lipinski definition) is 11. The molecule has 0 radical (unpaired) electrons. The van der Waals surface area contributed by atoms with Gasteiger partial charge in [0.05, 0.1) is 6.61 Å². The second-order valence-corrected chi connectivity index (χ2v) is 22.4. The summed E-state index contributed by atoms with van der Waals surface area (Å²) in [4.78, 5) is 51.2. The Morgan fingerprint density at radius 1 is 0.418 bits per heavy atom. The molecule has 12 heteroatoms. The number of hydrogen-bond donors (Lipinski definition) is 3. The number of aliphatic hydroxyl groups excluding tert-OH is 2. The number of aliphatic carboxylic acids is 1. The molecule has 458 valence electrons. The fraction of sp³-hybridized carbons (Fsp3) is 0.821. The molecule has 6 atom stereocenters. The van der Waals surface area contributed by atoms with Gasteiger partial charge in [-0.2, -0.15) is 0 Å². The van der Waals surface area contributed by atoms with Gasteiger partial charge in [-0.25, -0.2) is 4.79 Å². The monoisotopic (exact) mass is 1110 g/mol. The zero-order valence-corrected chi connectivity index (χ0v) is 50.6. The number of unbranched alkanes of at least 4 members (excludes halogenated alkanes) is 34. The van der Waals surface area contributed by atoms with E-state index in [0.29, 0.717) is 19.3 Å². The zero-order valence-electron chi connectivity index (χ0n) is 50.6. The van der Waals surface area contributed by atoms with Crippen LogP contribution in [0.3, 0.4) is 0 Å². The highest BCUT2D eigenvalue weighted by Crippen LogP contribution is 2.27. The van der Waals surface area contributed by atoms with Crippen molar-refractivity contribution < 1.29 is 58.2 Å². The summed E-state index contributed by atoms with van der Waals surface area (Å²) < 4.78 is 28.5. The molecular formula is C67H118O12.